The van der Waals surface area contributed by atoms with Gasteiger partial charge in [-0.15, -0.1) is 0 Å². The second-order valence-corrected chi connectivity index (χ2v) is 9.63. The number of hydrogen-bond donors (Lipinski definition) is 0. The van der Waals surface area contributed by atoms with Gasteiger partial charge in [0, 0.05) is 44.7 Å². The number of carbonyl (C=O) groups is 1. The summed E-state index contributed by atoms with van der Waals surface area (Å²) < 4.78 is 28.0. The summed E-state index contributed by atoms with van der Waals surface area (Å²) in [6, 6.07) is 7.93. The van der Waals surface area contributed by atoms with E-state index in [1.165, 1.54) is 22.7 Å². The molecule has 2 aliphatic rings. The maximum Gasteiger partial charge on any atom is 0.281 e. The van der Waals surface area contributed by atoms with Crippen molar-refractivity contribution in [1.82, 2.24) is 13.5 Å². The summed E-state index contributed by atoms with van der Waals surface area (Å²) in [6.07, 6.45) is 1.73. The Bertz CT molecular complexity index is 721. The maximum absolute atomic E-state index is 13.0. The molecule has 1 aliphatic heterocycles. The zero-order valence-corrected chi connectivity index (χ0v) is 16.3. The van der Waals surface area contributed by atoms with E-state index in [1.54, 1.807) is 0 Å². The molecule has 1 aromatic rings. The topological polar surface area (TPSA) is 60.9 Å². The van der Waals surface area contributed by atoms with Crippen LogP contribution in [0, 0.1) is 0 Å². The Hall–Kier alpha value is -0.960. The van der Waals surface area contributed by atoms with Crippen molar-refractivity contribution in [3.8, 4) is 0 Å². The summed E-state index contributed by atoms with van der Waals surface area (Å²) in [5.41, 5.74) is 0.655. The summed E-state index contributed by atoms with van der Waals surface area (Å²) in [4.78, 5) is 14.8. The van der Waals surface area contributed by atoms with Crippen LogP contribution in [0.5, 0.6) is 0 Å². The van der Waals surface area contributed by atoms with E-state index in [0.29, 0.717) is 26.2 Å². The minimum absolute atomic E-state index is 0.131. The highest BCUT2D eigenvalue weighted by Gasteiger charge is 2.53. The molecule has 0 radical (unpaired) electrons. The number of halogens is 1. The molecule has 1 amide bonds. The fraction of sp³-hybridized carbons (Fsp3) is 0.562. The average molecular weight is 416 g/mol. The summed E-state index contributed by atoms with van der Waals surface area (Å²) >= 11 is 3.42. The molecule has 24 heavy (non-hydrogen) atoms. The number of amides is 1. The number of piperazine rings is 1. The predicted octanol–water partition coefficient (Wildman–Crippen LogP) is 1.43. The molecule has 0 unspecified atom stereocenters. The average Bonchev–Trinajstić information content (AvgIpc) is 3.36. The van der Waals surface area contributed by atoms with E-state index in [-0.39, 0.29) is 5.91 Å². The fourth-order valence-corrected chi connectivity index (χ4v) is 4.53. The van der Waals surface area contributed by atoms with E-state index < -0.39 is 15.6 Å². The van der Waals surface area contributed by atoms with Crippen LogP contribution in [0.2, 0.25) is 0 Å². The second-order valence-electron chi connectivity index (χ2n) is 6.57. The number of hydrogen-bond acceptors (Lipinski definition) is 3. The van der Waals surface area contributed by atoms with E-state index in [2.05, 4.69) is 15.9 Å². The van der Waals surface area contributed by atoms with Gasteiger partial charge in [-0.1, -0.05) is 28.1 Å². The zero-order chi connectivity index (χ0) is 17.5. The van der Waals surface area contributed by atoms with Gasteiger partial charge in [-0.25, -0.2) is 0 Å². The minimum Gasteiger partial charge on any atom is -0.339 e. The SMILES string of the molecule is CN(C)S(=O)(=O)N1CCN(C(=O)C2(c3ccc(Br)cc3)CC2)CC1. The quantitative estimate of drug-likeness (QED) is 0.746. The molecule has 1 aromatic carbocycles. The van der Waals surface area contributed by atoms with Crippen LogP contribution in [0.1, 0.15) is 18.4 Å². The number of rotatable bonds is 4. The van der Waals surface area contributed by atoms with E-state index in [0.717, 1.165) is 22.9 Å². The summed E-state index contributed by atoms with van der Waals surface area (Å²) in [6.45, 7) is 1.60. The Morgan fingerprint density at radius 1 is 1.08 bits per heavy atom. The van der Waals surface area contributed by atoms with Crippen LogP contribution in [0.3, 0.4) is 0 Å². The molecular weight excluding hydrogens is 394 g/mol. The van der Waals surface area contributed by atoms with Gasteiger partial charge in [0.2, 0.25) is 5.91 Å². The number of benzene rings is 1. The molecule has 6 nitrogen and oxygen atoms in total. The Kier molecular flexibility index (Phi) is 4.76. The normalized spacial score (nSPS) is 21.1. The molecule has 1 saturated carbocycles. The van der Waals surface area contributed by atoms with Gasteiger partial charge in [0.25, 0.3) is 10.2 Å². The molecule has 3 rings (SSSR count). The molecule has 0 bridgehead atoms. The lowest BCUT2D eigenvalue weighted by molar-refractivity contribution is -0.135. The Labute approximate surface area is 151 Å². The second kappa shape index (κ2) is 6.40. The van der Waals surface area contributed by atoms with Gasteiger partial charge in [-0.3, -0.25) is 4.79 Å². The van der Waals surface area contributed by atoms with Gasteiger partial charge in [-0.2, -0.15) is 17.0 Å². The van der Waals surface area contributed by atoms with Gasteiger partial charge in [-0.05, 0) is 30.5 Å². The van der Waals surface area contributed by atoms with Crippen molar-refractivity contribution in [2.75, 3.05) is 40.3 Å². The van der Waals surface area contributed by atoms with Crippen molar-refractivity contribution in [3.05, 3.63) is 34.3 Å². The van der Waals surface area contributed by atoms with Crippen LogP contribution in [0.4, 0.5) is 0 Å². The largest absolute Gasteiger partial charge is 0.339 e. The van der Waals surface area contributed by atoms with Crippen molar-refractivity contribution in [2.24, 2.45) is 0 Å². The third-order valence-electron chi connectivity index (χ3n) is 4.87. The Morgan fingerprint density at radius 3 is 2.08 bits per heavy atom. The first-order chi connectivity index (χ1) is 11.3. The molecule has 1 heterocycles. The highest BCUT2D eigenvalue weighted by Crippen LogP contribution is 2.49. The lowest BCUT2D eigenvalue weighted by atomic mass is 9.94. The maximum atomic E-state index is 13.0. The number of carbonyl (C=O) groups excluding carboxylic acids is 1. The Morgan fingerprint density at radius 2 is 1.62 bits per heavy atom. The molecule has 1 saturated heterocycles. The van der Waals surface area contributed by atoms with Gasteiger partial charge < -0.3 is 4.90 Å². The molecule has 8 heteroatoms. The molecule has 0 N–H and O–H groups in total. The molecular formula is C16H22BrN3O3S. The van der Waals surface area contributed by atoms with Gasteiger partial charge >= 0.3 is 0 Å². The molecule has 2 fully saturated rings. The lowest BCUT2D eigenvalue weighted by Gasteiger charge is -2.36. The monoisotopic (exact) mass is 415 g/mol. The van der Waals surface area contributed by atoms with E-state index in [4.69, 9.17) is 0 Å². The van der Waals surface area contributed by atoms with E-state index in [9.17, 15) is 13.2 Å². The highest BCUT2D eigenvalue weighted by molar-refractivity contribution is 9.10. The first-order valence-electron chi connectivity index (χ1n) is 8.00. The molecule has 132 valence electrons. The number of nitrogens with zero attached hydrogens (tertiary/aromatic N) is 3. The van der Waals surface area contributed by atoms with Crippen LogP contribution >= 0.6 is 15.9 Å². The fourth-order valence-electron chi connectivity index (χ4n) is 3.18. The van der Waals surface area contributed by atoms with Crippen LogP contribution < -0.4 is 0 Å². The summed E-state index contributed by atoms with van der Waals surface area (Å²) in [5, 5.41) is 0. The summed E-state index contributed by atoms with van der Waals surface area (Å²) in [7, 11) is -0.348. The highest BCUT2D eigenvalue weighted by atomic mass is 79.9. The summed E-state index contributed by atoms with van der Waals surface area (Å²) in [5.74, 6) is 0.131. The minimum atomic E-state index is -3.40. The van der Waals surface area contributed by atoms with Crippen LogP contribution in [-0.4, -0.2) is 68.1 Å². The standard InChI is InChI=1S/C16H22BrN3O3S/c1-18(2)24(22,23)20-11-9-19(10-12-20)15(21)16(7-8-16)13-3-5-14(17)6-4-13/h3-6H,7-12H2,1-2H3. The van der Waals surface area contributed by atoms with E-state index in [1.807, 2.05) is 29.2 Å². The van der Waals surface area contributed by atoms with Crippen molar-refractivity contribution < 1.29 is 13.2 Å². The molecule has 1 aliphatic carbocycles. The van der Waals surface area contributed by atoms with Crippen molar-refractivity contribution in [2.45, 2.75) is 18.3 Å². The van der Waals surface area contributed by atoms with Crippen LogP contribution in [0.25, 0.3) is 0 Å². The van der Waals surface area contributed by atoms with Gasteiger partial charge in [0.05, 0.1) is 5.41 Å². The first-order valence-corrected chi connectivity index (χ1v) is 10.2. The third kappa shape index (κ3) is 3.12. The smallest absolute Gasteiger partial charge is 0.281 e. The lowest BCUT2D eigenvalue weighted by Crippen LogP contribution is -2.54. The van der Waals surface area contributed by atoms with Gasteiger partial charge in [0.15, 0.2) is 0 Å². The van der Waals surface area contributed by atoms with Crippen molar-refractivity contribution in [3.63, 3.8) is 0 Å². The van der Waals surface area contributed by atoms with Gasteiger partial charge in [0.1, 0.15) is 0 Å². The van der Waals surface area contributed by atoms with Crippen molar-refractivity contribution in [1.29, 1.82) is 0 Å². The van der Waals surface area contributed by atoms with E-state index >= 15 is 0 Å². The zero-order valence-electron chi connectivity index (χ0n) is 13.9. The Balaban J connectivity index is 1.69. The predicted molar refractivity (Wildman–Crippen MR) is 95.8 cm³/mol. The molecule has 0 aromatic heterocycles. The van der Waals surface area contributed by atoms with Crippen LogP contribution in [-0.2, 0) is 20.4 Å². The third-order valence-corrected chi connectivity index (χ3v) is 7.34. The van der Waals surface area contributed by atoms with Crippen LogP contribution in [0.15, 0.2) is 28.7 Å². The van der Waals surface area contributed by atoms with Crippen molar-refractivity contribution >= 4 is 32.0 Å². The molecule has 0 spiro atoms. The molecule has 0 atom stereocenters. The first kappa shape index (κ1) is 17.8.